The first-order valence-electron chi connectivity index (χ1n) is 4.94. The molecule has 1 heterocycles. The molecule has 0 aliphatic heterocycles. The maximum atomic E-state index is 5.78. The smallest absolute Gasteiger partial charge is 0.131 e. The van der Waals surface area contributed by atoms with Gasteiger partial charge in [0.1, 0.15) is 5.82 Å². The van der Waals surface area contributed by atoms with Gasteiger partial charge in [0.15, 0.2) is 0 Å². The van der Waals surface area contributed by atoms with Crippen LogP contribution in [-0.4, -0.2) is 4.98 Å². The van der Waals surface area contributed by atoms with E-state index in [2.05, 4.69) is 23.7 Å². The van der Waals surface area contributed by atoms with Crippen molar-refractivity contribution >= 4 is 16.6 Å². The molecule has 2 rings (SSSR count). The number of hydrogen-bond acceptors (Lipinski definition) is 2. The van der Waals surface area contributed by atoms with Crippen LogP contribution in [0.2, 0.25) is 0 Å². The second-order valence-electron chi connectivity index (χ2n) is 3.89. The molecule has 76 valence electrons. The average Bonchev–Trinajstić information content (AvgIpc) is 2.17. The molecular formula is C13H14N2. The number of allylic oxidation sites excluding steroid dienone is 1. The van der Waals surface area contributed by atoms with Gasteiger partial charge in [0.2, 0.25) is 0 Å². The van der Waals surface area contributed by atoms with Crippen LogP contribution in [0.5, 0.6) is 0 Å². The number of aromatic nitrogens is 1. The maximum Gasteiger partial charge on any atom is 0.131 e. The fourth-order valence-electron chi connectivity index (χ4n) is 1.71. The van der Waals surface area contributed by atoms with E-state index in [0.717, 1.165) is 22.8 Å². The largest absolute Gasteiger partial charge is 0.383 e. The van der Waals surface area contributed by atoms with Crippen molar-refractivity contribution in [1.29, 1.82) is 0 Å². The SMILES string of the molecule is C=C(C)Cc1ccc2c(N)nccc2c1. The molecular weight excluding hydrogens is 184 g/mol. The van der Waals surface area contributed by atoms with Gasteiger partial charge in [-0.1, -0.05) is 30.4 Å². The number of fused-ring (bicyclic) bond motifs is 1. The Morgan fingerprint density at radius 1 is 1.40 bits per heavy atom. The van der Waals surface area contributed by atoms with E-state index in [4.69, 9.17) is 5.73 Å². The van der Waals surface area contributed by atoms with Gasteiger partial charge in [-0.3, -0.25) is 0 Å². The minimum Gasteiger partial charge on any atom is -0.383 e. The van der Waals surface area contributed by atoms with Gasteiger partial charge in [-0.2, -0.15) is 0 Å². The molecule has 0 bridgehead atoms. The van der Waals surface area contributed by atoms with Crippen LogP contribution in [0.1, 0.15) is 12.5 Å². The fourth-order valence-corrected chi connectivity index (χ4v) is 1.71. The van der Waals surface area contributed by atoms with Crippen LogP contribution in [0.4, 0.5) is 5.82 Å². The van der Waals surface area contributed by atoms with Gasteiger partial charge >= 0.3 is 0 Å². The summed E-state index contributed by atoms with van der Waals surface area (Å²) in [4.78, 5) is 4.06. The molecule has 0 saturated carbocycles. The van der Waals surface area contributed by atoms with Crippen LogP contribution in [0.3, 0.4) is 0 Å². The van der Waals surface area contributed by atoms with Crippen LogP contribution < -0.4 is 5.73 Å². The lowest BCUT2D eigenvalue weighted by Crippen LogP contribution is -1.92. The van der Waals surface area contributed by atoms with E-state index < -0.39 is 0 Å². The van der Waals surface area contributed by atoms with Crippen molar-refractivity contribution in [3.8, 4) is 0 Å². The zero-order valence-corrected chi connectivity index (χ0v) is 8.83. The number of anilines is 1. The maximum absolute atomic E-state index is 5.78. The highest BCUT2D eigenvalue weighted by atomic mass is 14.8. The number of hydrogen-bond donors (Lipinski definition) is 1. The van der Waals surface area contributed by atoms with Gasteiger partial charge in [-0.15, -0.1) is 0 Å². The zero-order chi connectivity index (χ0) is 10.8. The Kier molecular flexibility index (Phi) is 2.42. The van der Waals surface area contributed by atoms with E-state index in [0.29, 0.717) is 5.82 Å². The number of pyridine rings is 1. The van der Waals surface area contributed by atoms with Gasteiger partial charge in [-0.25, -0.2) is 4.98 Å². The van der Waals surface area contributed by atoms with Crippen LogP contribution in [0.25, 0.3) is 10.8 Å². The van der Waals surface area contributed by atoms with Crippen LogP contribution >= 0.6 is 0 Å². The quantitative estimate of drug-likeness (QED) is 0.753. The third kappa shape index (κ3) is 1.99. The lowest BCUT2D eigenvalue weighted by molar-refractivity contribution is 1.16. The highest BCUT2D eigenvalue weighted by Crippen LogP contribution is 2.20. The third-order valence-corrected chi connectivity index (χ3v) is 2.37. The van der Waals surface area contributed by atoms with E-state index in [1.165, 1.54) is 5.56 Å². The van der Waals surface area contributed by atoms with Crippen molar-refractivity contribution in [3.63, 3.8) is 0 Å². The topological polar surface area (TPSA) is 38.9 Å². The number of nitrogens with two attached hydrogens (primary N) is 1. The molecule has 0 radical (unpaired) electrons. The number of benzene rings is 1. The highest BCUT2D eigenvalue weighted by molar-refractivity contribution is 5.91. The first kappa shape index (κ1) is 9.71. The van der Waals surface area contributed by atoms with E-state index >= 15 is 0 Å². The molecule has 2 aromatic rings. The lowest BCUT2D eigenvalue weighted by atomic mass is 10.0. The first-order valence-corrected chi connectivity index (χ1v) is 4.94. The summed E-state index contributed by atoms with van der Waals surface area (Å²) in [5.41, 5.74) is 8.21. The lowest BCUT2D eigenvalue weighted by Gasteiger charge is -2.04. The molecule has 2 nitrogen and oxygen atoms in total. The number of rotatable bonds is 2. The van der Waals surface area contributed by atoms with Crippen molar-refractivity contribution in [2.75, 3.05) is 5.73 Å². The highest BCUT2D eigenvalue weighted by Gasteiger charge is 2.00. The Morgan fingerprint density at radius 2 is 2.20 bits per heavy atom. The second-order valence-corrected chi connectivity index (χ2v) is 3.89. The summed E-state index contributed by atoms with van der Waals surface area (Å²) in [6.45, 7) is 5.94. The number of nitrogen functional groups attached to an aromatic ring is 1. The Morgan fingerprint density at radius 3 is 2.93 bits per heavy atom. The fraction of sp³-hybridized carbons (Fsp3) is 0.154. The van der Waals surface area contributed by atoms with Crippen LogP contribution in [-0.2, 0) is 6.42 Å². The van der Waals surface area contributed by atoms with Gasteiger partial charge in [-0.05, 0) is 30.4 Å². The van der Waals surface area contributed by atoms with Gasteiger partial charge < -0.3 is 5.73 Å². The molecule has 0 unspecified atom stereocenters. The Hall–Kier alpha value is -1.83. The molecule has 0 spiro atoms. The average molecular weight is 198 g/mol. The molecule has 0 amide bonds. The molecule has 0 atom stereocenters. The molecule has 2 N–H and O–H groups in total. The molecule has 1 aromatic carbocycles. The summed E-state index contributed by atoms with van der Waals surface area (Å²) in [5, 5.41) is 2.16. The summed E-state index contributed by atoms with van der Waals surface area (Å²) in [5.74, 6) is 0.592. The summed E-state index contributed by atoms with van der Waals surface area (Å²) in [7, 11) is 0. The van der Waals surface area contributed by atoms with Gasteiger partial charge in [0, 0.05) is 11.6 Å². The Balaban J connectivity index is 2.52. The van der Waals surface area contributed by atoms with E-state index in [-0.39, 0.29) is 0 Å². The molecule has 0 saturated heterocycles. The van der Waals surface area contributed by atoms with Crippen molar-refractivity contribution < 1.29 is 0 Å². The summed E-state index contributed by atoms with van der Waals surface area (Å²) < 4.78 is 0. The first-order chi connectivity index (χ1) is 7.16. The Labute approximate surface area is 89.4 Å². The van der Waals surface area contributed by atoms with E-state index in [9.17, 15) is 0 Å². The summed E-state index contributed by atoms with van der Waals surface area (Å²) >= 11 is 0. The predicted octanol–water partition coefficient (Wildman–Crippen LogP) is 2.94. The van der Waals surface area contributed by atoms with Gasteiger partial charge in [0.05, 0.1) is 0 Å². The van der Waals surface area contributed by atoms with Crippen molar-refractivity contribution in [1.82, 2.24) is 4.98 Å². The van der Waals surface area contributed by atoms with Crippen LogP contribution in [0, 0.1) is 0 Å². The minimum absolute atomic E-state index is 0.592. The molecule has 0 aliphatic rings. The van der Waals surface area contributed by atoms with E-state index in [1.807, 2.05) is 19.1 Å². The summed E-state index contributed by atoms with van der Waals surface area (Å²) in [6.07, 6.45) is 2.65. The van der Waals surface area contributed by atoms with E-state index in [1.54, 1.807) is 6.20 Å². The van der Waals surface area contributed by atoms with Crippen LogP contribution in [0.15, 0.2) is 42.6 Å². The molecule has 15 heavy (non-hydrogen) atoms. The number of nitrogens with zero attached hydrogens (tertiary/aromatic N) is 1. The minimum atomic E-state index is 0.592. The zero-order valence-electron chi connectivity index (χ0n) is 8.83. The normalized spacial score (nSPS) is 10.5. The molecule has 1 aromatic heterocycles. The third-order valence-electron chi connectivity index (χ3n) is 2.37. The van der Waals surface area contributed by atoms with Crippen molar-refractivity contribution in [2.45, 2.75) is 13.3 Å². The molecule has 0 fully saturated rings. The predicted molar refractivity (Wildman–Crippen MR) is 64.7 cm³/mol. The van der Waals surface area contributed by atoms with Gasteiger partial charge in [0.25, 0.3) is 0 Å². The standard InChI is InChI=1S/C13H14N2/c1-9(2)7-10-3-4-12-11(8-10)5-6-15-13(12)14/h3-6,8H,1,7H2,2H3,(H2,14,15). The monoisotopic (exact) mass is 198 g/mol. The molecule has 0 aliphatic carbocycles. The van der Waals surface area contributed by atoms with Crippen molar-refractivity contribution in [2.24, 2.45) is 0 Å². The molecule has 2 heteroatoms. The summed E-state index contributed by atoms with van der Waals surface area (Å²) in [6, 6.07) is 8.22. The Bertz CT molecular complexity index is 515. The second kappa shape index (κ2) is 3.73. The van der Waals surface area contributed by atoms with Crippen molar-refractivity contribution in [3.05, 3.63) is 48.2 Å².